The first-order valence-corrected chi connectivity index (χ1v) is 5.41. The molecule has 17 heavy (non-hydrogen) atoms. The quantitative estimate of drug-likeness (QED) is 0.647. The van der Waals surface area contributed by atoms with Gasteiger partial charge in [-0.3, -0.25) is 0 Å². The molecule has 4 heteroatoms. The van der Waals surface area contributed by atoms with Crippen molar-refractivity contribution in [3.05, 3.63) is 30.7 Å². The van der Waals surface area contributed by atoms with E-state index >= 15 is 0 Å². The highest BCUT2D eigenvalue weighted by molar-refractivity contribution is 5.43. The van der Waals surface area contributed by atoms with Gasteiger partial charge < -0.3 is 18.9 Å². The second kappa shape index (κ2) is 7.92. The first kappa shape index (κ1) is 13.8. The van der Waals surface area contributed by atoms with Crippen molar-refractivity contribution in [2.24, 2.45) is 0 Å². The van der Waals surface area contributed by atoms with Gasteiger partial charge >= 0.3 is 0 Å². The van der Waals surface area contributed by atoms with Gasteiger partial charge in [-0.2, -0.15) is 0 Å². The van der Waals surface area contributed by atoms with Crippen LogP contribution >= 0.6 is 0 Å². The van der Waals surface area contributed by atoms with Crippen LogP contribution in [-0.4, -0.2) is 40.6 Å². The first-order chi connectivity index (χ1) is 8.27. The van der Waals surface area contributed by atoms with E-state index in [0.29, 0.717) is 43.5 Å². The van der Waals surface area contributed by atoms with Crippen LogP contribution in [0.4, 0.5) is 0 Å². The van der Waals surface area contributed by atoms with Crippen molar-refractivity contribution in [3.8, 4) is 11.5 Å². The minimum Gasteiger partial charge on any atom is -0.487 e. The van der Waals surface area contributed by atoms with Crippen molar-refractivity contribution >= 4 is 0 Å². The highest BCUT2D eigenvalue weighted by Crippen LogP contribution is 2.28. The molecule has 1 rings (SSSR count). The number of hydrogen-bond donors (Lipinski definition) is 0. The summed E-state index contributed by atoms with van der Waals surface area (Å²) in [5.74, 6) is 1.28. The topological polar surface area (TPSA) is 36.9 Å². The average Bonchev–Trinajstić information content (AvgIpc) is 2.32. The second-order valence-corrected chi connectivity index (χ2v) is 3.39. The Kier molecular flexibility index (Phi) is 6.43. The molecule has 0 aliphatic carbocycles. The predicted octanol–water partition coefficient (Wildman–Crippen LogP) is 1.80. The van der Waals surface area contributed by atoms with Crippen molar-refractivity contribution in [1.82, 2.24) is 0 Å². The van der Waals surface area contributed by atoms with E-state index < -0.39 is 0 Å². The zero-order valence-corrected chi connectivity index (χ0v) is 10.3. The molecule has 0 atom stereocenters. The fourth-order valence-electron chi connectivity index (χ4n) is 1.23. The number of hydrogen-bond acceptors (Lipinski definition) is 4. The zero-order chi connectivity index (χ0) is 12.5. The Bertz CT molecular complexity index is 325. The summed E-state index contributed by atoms with van der Waals surface area (Å²) in [6, 6.07) is 5.29. The summed E-state index contributed by atoms with van der Waals surface area (Å²) < 4.78 is 20.9. The lowest BCUT2D eigenvalue weighted by Crippen LogP contribution is -2.08. The van der Waals surface area contributed by atoms with E-state index in [0.717, 1.165) is 0 Å². The van der Waals surface area contributed by atoms with Crippen LogP contribution in [0.2, 0.25) is 0 Å². The average molecular weight is 238 g/mol. The molecule has 0 bridgehead atoms. The van der Waals surface area contributed by atoms with Gasteiger partial charge in [0, 0.05) is 14.2 Å². The maximum Gasteiger partial charge on any atom is 0.161 e. The maximum absolute atomic E-state index is 5.70. The van der Waals surface area contributed by atoms with Crippen LogP contribution in [0.5, 0.6) is 11.5 Å². The van der Waals surface area contributed by atoms with Crippen molar-refractivity contribution in [2.75, 3.05) is 40.6 Å². The van der Waals surface area contributed by atoms with E-state index in [4.69, 9.17) is 25.9 Å². The third-order valence-corrected chi connectivity index (χ3v) is 2.06. The fourth-order valence-corrected chi connectivity index (χ4v) is 1.23. The molecule has 0 spiro atoms. The Morgan fingerprint density at radius 1 is 0.882 bits per heavy atom. The lowest BCUT2D eigenvalue weighted by atomic mass is 10.2. The minimum atomic E-state index is 0.459. The normalized spacial score (nSPS) is 10.3. The second-order valence-electron chi connectivity index (χ2n) is 3.39. The van der Waals surface area contributed by atoms with E-state index in [1.54, 1.807) is 32.4 Å². The molecule has 0 aliphatic heterocycles. The largest absolute Gasteiger partial charge is 0.487 e. The van der Waals surface area contributed by atoms with Crippen LogP contribution in [0.25, 0.3) is 0 Å². The van der Waals surface area contributed by atoms with Crippen molar-refractivity contribution in [1.29, 1.82) is 0 Å². The molecule has 0 aromatic heterocycles. The summed E-state index contributed by atoms with van der Waals surface area (Å²) in [5, 5.41) is 0. The van der Waals surface area contributed by atoms with Gasteiger partial charge in [-0.05, 0) is 24.6 Å². The lowest BCUT2D eigenvalue weighted by Gasteiger charge is -2.13. The Hall–Kier alpha value is -1.26. The molecule has 0 saturated carbocycles. The molecule has 0 N–H and O–H groups in total. The SMILES string of the molecule is [CH]c1ccc(OCCOC)c(OCCOC)c1. The molecule has 0 fully saturated rings. The van der Waals surface area contributed by atoms with Crippen molar-refractivity contribution in [3.63, 3.8) is 0 Å². The molecule has 0 heterocycles. The van der Waals surface area contributed by atoms with Gasteiger partial charge in [0.15, 0.2) is 11.5 Å². The van der Waals surface area contributed by atoms with E-state index in [2.05, 4.69) is 0 Å². The summed E-state index contributed by atoms with van der Waals surface area (Å²) in [6.07, 6.45) is 0. The van der Waals surface area contributed by atoms with Crippen LogP contribution in [0.3, 0.4) is 0 Å². The molecule has 0 amide bonds. The predicted molar refractivity (Wildman–Crippen MR) is 64.6 cm³/mol. The Morgan fingerprint density at radius 2 is 1.47 bits per heavy atom. The molecule has 2 radical (unpaired) electrons. The standard InChI is InChI=1S/C13H18O4/c1-11-4-5-12(16-8-6-14-2)13(10-11)17-9-7-15-3/h1,4-5,10H,6-9H2,2-3H3. The van der Waals surface area contributed by atoms with Gasteiger partial charge in [0.2, 0.25) is 0 Å². The molecule has 94 valence electrons. The van der Waals surface area contributed by atoms with E-state index in [9.17, 15) is 0 Å². The summed E-state index contributed by atoms with van der Waals surface area (Å²) >= 11 is 0. The molecule has 1 aromatic carbocycles. The molecular weight excluding hydrogens is 220 g/mol. The molecule has 4 nitrogen and oxygen atoms in total. The van der Waals surface area contributed by atoms with Gasteiger partial charge in [0.05, 0.1) is 13.2 Å². The third-order valence-electron chi connectivity index (χ3n) is 2.06. The number of rotatable bonds is 8. The minimum absolute atomic E-state index is 0.459. The molecule has 1 aromatic rings. The van der Waals surface area contributed by atoms with Crippen LogP contribution < -0.4 is 9.47 Å². The Labute approximate surface area is 102 Å². The number of ether oxygens (including phenoxy) is 4. The van der Waals surface area contributed by atoms with E-state index in [1.807, 2.05) is 0 Å². The molecule has 0 aliphatic rings. The molecule has 0 saturated heterocycles. The fraction of sp³-hybridized carbons (Fsp3) is 0.462. The zero-order valence-electron chi connectivity index (χ0n) is 10.3. The monoisotopic (exact) mass is 238 g/mol. The lowest BCUT2D eigenvalue weighted by molar-refractivity contribution is 0.132. The van der Waals surface area contributed by atoms with Crippen molar-refractivity contribution in [2.45, 2.75) is 0 Å². The van der Waals surface area contributed by atoms with Crippen LogP contribution in [0.15, 0.2) is 18.2 Å². The summed E-state index contributed by atoms with van der Waals surface area (Å²) in [6.45, 7) is 7.68. The van der Waals surface area contributed by atoms with E-state index in [1.165, 1.54) is 0 Å². The highest BCUT2D eigenvalue weighted by Gasteiger charge is 2.05. The van der Waals surface area contributed by atoms with Gasteiger partial charge in [-0.25, -0.2) is 0 Å². The third kappa shape index (κ3) is 5.06. The van der Waals surface area contributed by atoms with Crippen LogP contribution in [0.1, 0.15) is 5.56 Å². The van der Waals surface area contributed by atoms with Crippen LogP contribution in [0, 0.1) is 6.92 Å². The van der Waals surface area contributed by atoms with Gasteiger partial charge in [0.1, 0.15) is 13.2 Å². The maximum atomic E-state index is 5.70. The molecular formula is C13H18O4. The summed E-state index contributed by atoms with van der Waals surface area (Å²) in [7, 11) is 3.25. The van der Waals surface area contributed by atoms with Gasteiger partial charge in [0.25, 0.3) is 0 Å². The number of methoxy groups -OCH3 is 2. The van der Waals surface area contributed by atoms with Gasteiger partial charge in [-0.1, -0.05) is 6.07 Å². The summed E-state index contributed by atoms with van der Waals surface area (Å²) in [5.41, 5.74) is 0.636. The van der Waals surface area contributed by atoms with E-state index in [-0.39, 0.29) is 0 Å². The smallest absolute Gasteiger partial charge is 0.161 e. The Morgan fingerprint density at radius 3 is 2.06 bits per heavy atom. The Balaban J connectivity index is 2.59. The van der Waals surface area contributed by atoms with Gasteiger partial charge in [-0.15, -0.1) is 0 Å². The van der Waals surface area contributed by atoms with Crippen LogP contribution in [-0.2, 0) is 9.47 Å². The summed E-state index contributed by atoms with van der Waals surface area (Å²) in [4.78, 5) is 0. The molecule has 0 unspecified atom stereocenters. The van der Waals surface area contributed by atoms with Crippen molar-refractivity contribution < 1.29 is 18.9 Å². The highest BCUT2D eigenvalue weighted by atomic mass is 16.5. The first-order valence-electron chi connectivity index (χ1n) is 5.41. The number of benzene rings is 1.